The Hall–Kier alpha value is -4.75. The minimum atomic E-state index is -0.596. The average molecular weight is 420 g/mol. The van der Waals surface area contributed by atoms with E-state index < -0.39 is 6.03 Å². The Kier molecular flexibility index (Phi) is 5.24. The van der Waals surface area contributed by atoms with Crippen molar-refractivity contribution in [1.82, 2.24) is 9.13 Å². The predicted octanol–water partition coefficient (Wildman–Crippen LogP) is 4.66. The summed E-state index contributed by atoms with van der Waals surface area (Å²) in [7, 11) is 3.68. The third-order valence-corrected chi connectivity index (χ3v) is 5.54. The Morgan fingerprint density at radius 2 is 1.09 bits per heavy atom. The van der Waals surface area contributed by atoms with E-state index in [4.69, 9.17) is 16.3 Å². The molecule has 0 aliphatic rings. The lowest BCUT2D eigenvalue weighted by molar-refractivity contribution is 0.256. The SMILES string of the molecule is Cn1c(C#N)ccc1-c1ccc(N(C(N)=O)c2ccc(-c3ccc(C#N)n3C)cc2)cc1. The second-order valence-electron chi connectivity index (χ2n) is 7.32. The van der Waals surface area contributed by atoms with Crippen molar-refractivity contribution in [2.45, 2.75) is 0 Å². The molecule has 0 fully saturated rings. The van der Waals surface area contributed by atoms with E-state index in [9.17, 15) is 4.79 Å². The molecule has 0 radical (unpaired) electrons. The van der Waals surface area contributed by atoms with E-state index in [0.29, 0.717) is 22.8 Å². The maximum Gasteiger partial charge on any atom is 0.323 e. The van der Waals surface area contributed by atoms with E-state index in [1.54, 1.807) is 12.1 Å². The van der Waals surface area contributed by atoms with Gasteiger partial charge in [-0.15, -0.1) is 0 Å². The highest BCUT2D eigenvalue weighted by Crippen LogP contribution is 2.31. The van der Waals surface area contributed by atoms with Crippen LogP contribution in [0.15, 0.2) is 72.8 Å². The quantitative estimate of drug-likeness (QED) is 0.519. The Balaban J connectivity index is 1.65. The highest BCUT2D eigenvalue weighted by Gasteiger charge is 2.16. The number of nitrogens with zero attached hydrogens (tertiary/aromatic N) is 5. The maximum absolute atomic E-state index is 12.3. The molecular formula is C25H20N6O. The third-order valence-electron chi connectivity index (χ3n) is 5.54. The van der Waals surface area contributed by atoms with Crippen LogP contribution in [0.3, 0.4) is 0 Å². The number of primary amides is 1. The summed E-state index contributed by atoms with van der Waals surface area (Å²) in [4.78, 5) is 13.7. The summed E-state index contributed by atoms with van der Waals surface area (Å²) in [5, 5.41) is 18.3. The van der Waals surface area contributed by atoms with Crippen LogP contribution in [-0.4, -0.2) is 15.2 Å². The van der Waals surface area contributed by atoms with E-state index in [1.165, 1.54) is 4.90 Å². The molecule has 4 aromatic rings. The monoisotopic (exact) mass is 420 g/mol. The molecule has 2 amide bonds. The summed E-state index contributed by atoms with van der Waals surface area (Å²) in [5.74, 6) is 0. The van der Waals surface area contributed by atoms with Crippen LogP contribution >= 0.6 is 0 Å². The van der Waals surface area contributed by atoms with Crippen molar-refractivity contribution in [3.8, 4) is 34.7 Å². The normalized spacial score (nSPS) is 10.4. The van der Waals surface area contributed by atoms with E-state index in [-0.39, 0.29) is 0 Å². The molecule has 0 aliphatic carbocycles. The number of nitrogens with two attached hydrogens (primary N) is 1. The molecule has 2 N–H and O–H groups in total. The van der Waals surface area contributed by atoms with Crippen molar-refractivity contribution in [3.63, 3.8) is 0 Å². The second-order valence-corrected chi connectivity index (χ2v) is 7.32. The van der Waals surface area contributed by atoms with Crippen LogP contribution in [0, 0.1) is 22.7 Å². The molecule has 156 valence electrons. The lowest BCUT2D eigenvalue weighted by Gasteiger charge is -2.21. The number of carbonyl (C=O) groups excluding carboxylic acids is 1. The first-order chi connectivity index (χ1) is 15.4. The highest BCUT2D eigenvalue weighted by atomic mass is 16.2. The lowest BCUT2D eigenvalue weighted by atomic mass is 10.1. The topological polar surface area (TPSA) is 104 Å². The van der Waals surface area contributed by atoms with Gasteiger partial charge in [-0.05, 0) is 59.7 Å². The standard InChI is InChI=1S/C25H20N6O/c1-29-21(15-26)11-13-23(29)17-3-7-19(8-4-17)31(25(28)32)20-9-5-18(6-10-20)24-14-12-22(16-27)30(24)2/h3-14H,1-2H3,(H2,28,32). The zero-order chi connectivity index (χ0) is 22.8. The van der Waals surface area contributed by atoms with Crippen molar-refractivity contribution in [3.05, 3.63) is 84.2 Å². The molecule has 2 aromatic carbocycles. The molecule has 4 rings (SSSR count). The zero-order valence-corrected chi connectivity index (χ0v) is 17.6. The van der Waals surface area contributed by atoms with Crippen molar-refractivity contribution < 1.29 is 4.79 Å². The molecule has 0 atom stereocenters. The molecule has 7 heteroatoms. The predicted molar refractivity (Wildman–Crippen MR) is 123 cm³/mol. The van der Waals surface area contributed by atoms with Gasteiger partial charge in [0.05, 0.1) is 11.4 Å². The van der Waals surface area contributed by atoms with Gasteiger partial charge in [0.2, 0.25) is 0 Å². The van der Waals surface area contributed by atoms with Crippen LogP contribution in [-0.2, 0) is 14.1 Å². The van der Waals surface area contributed by atoms with Crippen molar-refractivity contribution in [2.75, 3.05) is 4.90 Å². The molecule has 0 unspecified atom stereocenters. The fourth-order valence-corrected chi connectivity index (χ4v) is 3.79. The number of hydrogen-bond acceptors (Lipinski definition) is 3. The second kappa shape index (κ2) is 8.17. The number of urea groups is 1. The van der Waals surface area contributed by atoms with E-state index in [2.05, 4.69) is 12.1 Å². The Morgan fingerprint density at radius 1 is 0.719 bits per heavy atom. The smallest absolute Gasteiger partial charge is 0.323 e. The van der Waals surface area contributed by atoms with Gasteiger partial charge in [-0.2, -0.15) is 10.5 Å². The summed E-state index contributed by atoms with van der Waals surface area (Å²) in [6.07, 6.45) is 0. The summed E-state index contributed by atoms with van der Waals surface area (Å²) in [6, 6.07) is 25.9. The third kappa shape index (κ3) is 3.49. The van der Waals surface area contributed by atoms with Gasteiger partial charge >= 0.3 is 6.03 Å². The fraction of sp³-hybridized carbons (Fsp3) is 0.0800. The lowest BCUT2D eigenvalue weighted by Crippen LogP contribution is -2.31. The molecular weight excluding hydrogens is 400 g/mol. The van der Waals surface area contributed by atoms with Crippen LogP contribution in [0.1, 0.15) is 11.4 Å². The van der Waals surface area contributed by atoms with Crippen LogP contribution in [0.4, 0.5) is 16.2 Å². The summed E-state index contributed by atoms with van der Waals surface area (Å²) >= 11 is 0. The van der Waals surface area contributed by atoms with Gasteiger partial charge in [-0.3, -0.25) is 4.90 Å². The number of rotatable bonds is 4. The van der Waals surface area contributed by atoms with Crippen molar-refractivity contribution in [2.24, 2.45) is 19.8 Å². The summed E-state index contributed by atoms with van der Waals surface area (Å²) in [5.41, 5.74) is 11.8. The van der Waals surface area contributed by atoms with Crippen LogP contribution in [0.25, 0.3) is 22.5 Å². The van der Waals surface area contributed by atoms with Gasteiger partial charge in [-0.1, -0.05) is 24.3 Å². The van der Waals surface area contributed by atoms with Crippen molar-refractivity contribution >= 4 is 17.4 Å². The first-order valence-electron chi connectivity index (χ1n) is 9.86. The minimum absolute atomic E-state index is 0.572. The Morgan fingerprint density at radius 3 is 1.38 bits per heavy atom. The summed E-state index contributed by atoms with van der Waals surface area (Å²) in [6.45, 7) is 0. The van der Waals surface area contributed by atoms with E-state index in [1.807, 2.05) is 83.9 Å². The van der Waals surface area contributed by atoms with Crippen molar-refractivity contribution in [1.29, 1.82) is 10.5 Å². The molecule has 0 aliphatic heterocycles. The number of aromatic nitrogens is 2. The van der Waals surface area contributed by atoms with Gasteiger partial charge in [-0.25, -0.2) is 4.79 Å². The van der Waals surface area contributed by atoms with E-state index >= 15 is 0 Å². The molecule has 32 heavy (non-hydrogen) atoms. The van der Waals surface area contributed by atoms with Gasteiger partial charge < -0.3 is 14.9 Å². The zero-order valence-electron chi connectivity index (χ0n) is 17.6. The maximum atomic E-state index is 12.3. The van der Waals surface area contributed by atoms with Crippen LogP contribution < -0.4 is 10.6 Å². The molecule has 0 bridgehead atoms. The van der Waals surface area contributed by atoms with Crippen LogP contribution in [0.5, 0.6) is 0 Å². The first kappa shape index (κ1) is 20.5. The molecule has 2 aromatic heterocycles. The fourth-order valence-electron chi connectivity index (χ4n) is 3.79. The van der Waals surface area contributed by atoms with Gasteiger partial charge in [0.1, 0.15) is 23.5 Å². The molecule has 2 heterocycles. The molecule has 0 saturated carbocycles. The van der Waals surface area contributed by atoms with Gasteiger partial charge in [0, 0.05) is 25.5 Å². The molecule has 7 nitrogen and oxygen atoms in total. The average Bonchev–Trinajstić information content (AvgIpc) is 3.36. The Bertz CT molecular complexity index is 1280. The number of anilines is 2. The van der Waals surface area contributed by atoms with E-state index in [0.717, 1.165) is 22.5 Å². The van der Waals surface area contributed by atoms with Crippen LogP contribution in [0.2, 0.25) is 0 Å². The van der Waals surface area contributed by atoms with Gasteiger partial charge in [0.15, 0.2) is 0 Å². The number of nitriles is 2. The molecule has 0 spiro atoms. The largest absolute Gasteiger partial charge is 0.351 e. The van der Waals surface area contributed by atoms with Gasteiger partial charge in [0.25, 0.3) is 0 Å². The minimum Gasteiger partial charge on any atom is -0.351 e. The molecule has 0 saturated heterocycles. The highest BCUT2D eigenvalue weighted by molar-refractivity contribution is 5.98. The first-order valence-corrected chi connectivity index (χ1v) is 9.86. The number of amides is 2. The number of carbonyl (C=O) groups is 1. The summed E-state index contributed by atoms with van der Waals surface area (Å²) < 4.78 is 3.64. The number of hydrogen-bond donors (Lipinski definition) is 1. The number of benzene rings is 2. The Labute approximate surface area is 185 Å².